The van der Waals surface area contributed by atoms with Gasteiger partial charge in [0.25, 0.3) is 0 Å². The summed E-state index contributed by atoms with van der Waals surface area (Å²) in [6.45, 7) is 0. The highest BCUT2D eigenvalue weighted by Gasteiger charge is 2.06. The Morgan fingerprint density at radius 1 is 1.13 bits per heavy atom. The summed E-state index contributed by atoms with van der Waals surface area (Å²) in [7, 11) is 0. The van der Waals surface area contributed by atoms with Crippen LogP contribution in [0, 0.1) is 4.91 Å². The summed E-state index contributed by atoms with van der Waals surface area (Å²) in [5.74, 6) is 0. The molecular formula is C10H6ClN3O. The van der Waals surface area contributed by atoms with Crippen molar-refractivity contribution in [1.29, 1.82) is 0 Å². The molecule has 0 unspecified atom stereocenters. The van der Waals surface area contributed by atoms with Crippen LogP contribution in [0.25, 0.3) is 11.3 Å². The van der Waals surface area contributed by atoms with Crippen LogP contribution in [0.2, 0.25) is 5.15 Å². The lowest BCUT2D eigenvalue weighted by Gasteiger charge is -1.99. The zero-order valence-corrected chi connectivity index (χ0v) is 8.35. The summed E-state index contributed by atoms with van der Waals surface area (Å²) >= 11 is 5.62. The minimum absolute atomic E-state index is 0.0182. The maximum atomic E-state index is 10.4. The molecule has 5 heteroatoms. The number of hydrogen-bond donors (Lipinski definition) is 0. The van der Waals surface area contributed by atoms with Crippen LogP contribution in [-0.2, 0) is 0 Å². The van der Waals surface area contributed by atoms with Crippen LogP contribution in [0.1, 0.15) is 0 Å². The number of nitrogens with zero attached hydrogens (tertiary/aromatic N) is 3. The third-order valence-electron chi connectivity index (χ3n) is 1.90. The highest BCUT2D eigenvalue weighted by Crippen LogP contribution is 2.26. The molecule has 0 amide bonds. The SMILES string of the molecule is O=Nc1cc(-c2ccccc2)nnc1Cl. The van der Waals surface area contributed by atoms with E-state index in [1.165, 1.54) is 6.07 Å². The molecule has 0 aliphatic carbocycles. The Morgan fingerprint density at radius 2 is 1.87 bits per heavy atom. The molecule has 0 bridgehead atoms. The van der Waals surface area contributed by atoms with Gasteiger partial charge in [-0.05, 0) is 11.2 Å². The first-order chi connectivity index (χ1) is 7.31. The van der Waals surface area contributed by atoms with Crippen LogP contribution in [0.15, 0.2) is 41.6 Å². The summed E-state index contributed by atoms with van der Waals surface area (Å²) < 4.78 is 0. The van der Waals surface area contributed by atoms with Gasteiger partial charge in [-0.2, -0.15) is 0 Å². The first-order valence-corrected chi connectivity index (χ1v) is 4.61. The van der Waals surface area contributed by atoms with E-state index >= 15 is 0 Å². The molecule has 0 atom stereocenters. The maximum Gasteiger partial charge on any atom is 0.180 e. The molecule has 0 N–H and O–H groups in total. The molecule has 0 spiro atoms. The molecule has 0 saturated heterocycles. The molecule has 0 aliphatic heterocycles. The van der Waals surface area contributed by atoms with E-state index in [0.29, 0.717) is 5.69 Å². The molecule has 15 heavy (non-hydrogen) atoms. The van der Waals surface area contributed by atoms with E-state index in [1.807, 2.05) is 30.3 Å². The molecule has 0 aliphatic rings. The highest BCUT2D eigenvalue weighted by molar-refractivity contribution is 6.31. The lowest BCUT2D eigenvalue weighted by Crippen LogP contribution is -1.87. The third-order valence-corrected chi connectivity index (χ3v) is 2.17. The van der Waals surface area contributed by atoms with Crippen LogP contribution in [-0.4, -0.2) is 10.2 Å². The van der Waals surface area contributed by atoms with E-state index in [9.17, 15) is 4.91 Å². The normalized spacial score (nSPS) is 9.93. The van der Waals surface area contributed by atoms with Gasteiger partial charge in [-0.25, -0.2) is 0 Å². The summed E-state index contributed by atoms with van der Waals surface area (Å²) in [5.41, 5.74) is 1.55. The molecule has 1 aromatic heterocycles. The topological polar surface area (TPSA) is 55.2 Å². The summed E-state index contributed by atoms with van der Waals surface area (Å²) in [4.78, 5) is 10.4. The Morgan fingerprint density at radius 3 is 2.53 bits per heavy atom. The Bertz CT molecular complexity index is 487. The van der Waals surface area contributed by atoms with Crippen LogP contribution >= 0.6 is 11.6 Å². The van der Waals surface area contributed by atoms with Crippen molar-refractivity contribution in [1.82, 2.24) is 10.2 Å². The fourth-order valence-corrected chi connectivity index (χ4v) is 1.31. The standard InChI is InChI=1S/C10H6ClN3O/c11-10-9(14-15)6-8(12-13-10)7-4-2-1-3-5-7/h1-6H. The lowest BCUT2D eigenvalue weighted by atomic mass is 10.1. The minimum atomic E-state index is 0.0182. The maximum absolute atomic E-state index is 10.4. The van der Waals surface area contributed by atoms with Gasteiger partial charge in [-0.15, -0.1) is 15.1 Å². The van der Waals surface area contributed by atoms with Crippen LogP contribution in [0.4, 0.5) is 5.69 Å². The lowest BCUT2D eigenvalue weighted by molar-refractivity contribution is 1.04. The van der Waals surface area contributed by atoms with Crippen molar-refractivity contribution in [2.75, 3.05) is 0 Å². The molecule has 0 saturated carbocycles. The van der Waals surface area contributed by atoms with Crippen LogP contribution in [0.5, 0.6) is 0 Å². The third kappa shape index (κ3) is 1.99. The molecule has 74 valence electrons. The van der Waals surface area contributed by atoms with Gasteiger partial charge in [-0.3, -0.25) is 0 Å². The Hall–Kier alpha value is -1.81. The van der Waals surface area contributed by atoms with Gasteiger partial charge in [-0.1, -0.05) is 41.9 Å². The quantitative estimate of drug-likeness (QED) is 0.729. The summed E-state index contributed by atoms with van der Waals surface area (Å²) in [5, 5.41) is 10.3. The van der Waals surface area contributed by atoms with Crippen molar-refractivity contribution < 1.29 is 0 Å². The minimum Gasteiger partial charge on any atom is -0.149 e. The van der Waals surface area contributed by atoms with E-state index in [4.69, 9.17) is 11.6 Å². The van der Waals surface area contributed by atoms with Gasteiger partial charge in [0.05, 0.1) is 5.69 Å². The van der Waals surface area contributed by atoms with Gasteiger partial charge in [0.2, 0.25) is 0 Å². The number of aromatic nitrogens is 2. The average Bonchev–Trinajstić information content (AvgIpc) is 2.31. The molecule has 1 aromatic carbocycles. The molecule has 0 fully saturated rings. The van der Waals surface area contributed by atoms with Gasteiger partial charge >= 0.3 is 0 Å². The molecular weight excluding hydrogens is 214 g/mol. The molecule has 0 radical (unpaired) electrons. The second-order valence-electron chi connectivity index (χ2n) is 2.86. The predicted octanol–water partition coefficient (Wildman–Crippen LogP) is 3.19. The number of halogens is 1. The summed E-state index contributed by atoms with van der Waals surface area (Å²) in [6.07, 6.45) is 0. The van der Waals surface area contributed by atoms with E-state index in [0.717, 1.165) is 5.56 Å². The Balaban J connectivity index is 2.51. The van der Waals surface area contributed by atoms with E-state index in [1.54, 1.807) is 0 Å². The zero-order chi connectivity index (χ0) is 10.7. The second-order valence-corrected chi connectivity index (χ2v) is 3.22. The van der Waals surface area contributed by atoms with Crippen LogP contribution in [0.3, 0.4) is 0 Å². The Kier molecular flexibility index (Phi) is 2.69. The van der Waals surface area contributed by atoms with Crippen molar-refractivity contribution in [2.24, 2.45) is 5.18 Å². The van der Waals surface area contributed by atoms with E-state index in [2.05, 4.69) is 15.4 Å². The predicted molar refractivity (Wildman–Crippen MR) is 57.9 cm³/mol. The van der Waals surface area contributed by atoms with Crippen molar-refractivity contribution in [3.05, 3.63) is 46.5 Å². The second kappa shape index (κ2) is 4.14. The van der Waals surface area contributed by atoms with Crippen LogP contribution < -0.4 is 0 Å². The van der Waals surface area contributed by atoms with Crippen molar-refractivity contribution in [3.63, 3.8) is 0 Å². The average molecular weight is 220 g/mol. The van der Waals surface area contributed by atoms with Gasteiger partial charge < -0.3 is 0 Å². The van der Waals surface area contributed by atoms with Crippen molar-refractivity contribution in [2.45, 2.75) is 0 Å². The summed E-state index contributed by atoms with van der Waals surface area (Å²) in [6, 6.07) is 10.9. The van der Waals surface area contributed by atoms with Gasteiger partial charge in [0.15, 0.2) is 5.15 Å². The van der Waals surface area contributed by atoms with Crippen molar-refractivity contribution >= 4 is 17.3 Å². The molecule has 4 nitrogen and oxygen atoms in total. The van der Waals surface area contributed by atoms with Gasteiger partial charge in [0.1, 0.15) is 5.69 Å². The first kappa shape index (κ1) is 9.73. The molecule has 2 rings (SSSR count). The smallest absolute Gasteiger partial charge is 0.149 e. The fraction of sp³-hybridized carbons (Fsp3) is 0. The fourth-order valence-electron chi connectivity index (χ4n) is 1.18. The Labute approximate surface area is 90.9 Å². The number of hydrogen-bond acceptors (Lipinski definition) is 4. The largest absolute Gasteiger partial charge is 0.180 e. The number of nitroso groups, excluding NO2 is 1. The number of benzene rings is 1. The van der Waals surface area contributed by atoms with E-state index in [-0.39, 0.29) is 10.8 Å². The zero-order valence-electron chi connectivity index (χ0n) is 7.59. The first-order valence-electron chi connectivity index (χ1n) is 4.23. The van der Waals surface area contributed by atoms with E-state index < -0.39 is 0 Å². The highest BCUT2D eigenvalue weighted by atomic mass is 35.5. The molecule has 1 heterocycles. The number of rotatable bonds is 2. The van der Waals surface area contributed by atoms with Gasteiger partial charge in [0, 0.05) is 5.56 Å². The van der Waals surface area contributed by atoms with Crippen molar-refractivity contribution in [3.8, 4) is 11.3 Å². The molecule has 2 aromatic rings. The monoisotopic (exact) mass is 219 g/mol.